The molecule has 1 heterocycles. The van der Waals surface area contributed by atoms with Gasteiger partial charge in [-0.15, -0.1) is 0 Å². The number of piperazine rings is 1. The van der Waals surface area contributed by atoms with Crippen molar-refractivity contribution in [1.82, 2.24) is 15.1 Å². The molecular formula is C15H16ClN3O4. The van der Waals surface area contributed by atoms with Gasteiger partial charge >= 0.3 is 17.8 Å². The molecule has 0 saturated carbocycles. The SMILES string of the molecule is CCN1CCN(C(=O)N[C@@H](C(=O)Cl)c2ccccc2)C(=O)C1=O. The van der Waals surface area contributed by atoms with E-state index in [1.165, 1.54) is 4.90 Å². The number of halogens is 1. The minimum atomic E-state index is -1.09. The summed E-state index contributed by atoms with van der Waals surface area (Å²) in [4.78, 5) is 49.8. The smallest absolute Gasteiger partial charge is 0.325 e. The van der Waals surface area contributed by atoms with Gasteiger partial charge in [-0.2, -0.15) is 0 Å². The van der Waals surface area contributed by atoms with E-state index in [2.05, 4.69) is 5.32 Å². The lowest BCUT2D eigenvalue weighted by atomic mass is 10.1. The second kappa shape index (κ2) is 7.23. The van der Waals surface area contributed by atoms with E-state index in [1.54, 1.807) is 37.3 Å². The second-order valence-corrected chi connectivity index (χ2v) is 5.31. The van der Waals surface area contributed by atoms with Crippen molar-refractivity contribution in [3.8, 4) is 0 Å². The Labute approximate surface area is 138 Å². The summed E-state index contributed by atoms with van der Waals surface area (Å²) >= 11 is 5.54. The number of likely N-dealkylation sites (N-methyl/N-ethyl adjacent to an activating group) is 1. The molecule has 1 N–H and O–H groups in total. The van der Waals surface area contributed by atoms with Gasteiger partial charge in [0.05, 0.1) is 0 Å². The maximum atomic E-state index is 12.2. The first kappa shape index (κ1) is 17.0. The fraction of sp³-hybridized carbons (Fsp3) is 0.333. The monoisotopic (exact) mass is 337 g/mol. The van der Waals surface area contributed by atoms with Crippen LogP contribution in [0, 0.1) is 0 Å². The van der Waals surface area contributed by atoms with Gasteiger partial charge in [-0.05, 0) is 24.1 Å². The van der Waals surface area contributed by atoms with Crippen LogP contribution in [0.2, 0.25) is 0 Å². The molecule has 1 aromatic rings. The third kappa shape index (κ3) is 3.68. The van der Waals surface area contributed by atoms with Crippen LogP contribution in [0.1, 0.15) is 18.5 Å². The molecule has 7 nitrogen and oxygen atoms in total. The molecule has 23 heavy (non-hydrogen) atoms. The Kier molecular flexibility index (Phi) is 5.33. The van der Waals surface area contributed by atoms with Gasteiger partial charge in [0.15, 0.2) is 0 Å². The van der Waals surface area contributed by atoms with Gasteiger partial charge in [-0.1, -0.05) is 30.3 Å². The first-order chi connectivity index (χ1) is 11.0. The number of benzene rings is 1. The molecule has 0 aromatic heterocycles. The Hall–Kier alpha value is -2.41. The van der Waals surface area contributed by atoms with Crippen molar-refractivity contribution < 1.29 is 19.2 Å². The zero-order valence-corrected chi connectivity index (χ0v) is 13.2. The minimum Gasteiger partial charge on any atom is -0.333 e. The van der Waals surface area contributed by atoms with Crippen LogP contribution in [-0.4, -0.2) is 52.5 Å². The van der Waals surface area contributed by atoms with Crippen molar-refractivity contribution in [2.45, 2.75) is 13.0 Å². The Balaban J connectivity index is 2.12. The normalized spacial score (nSPS) is 16.3. The zero-order valence-electron chi connectivity index (χ0n) is 12.5. The maximum absolute atomic E-state index is 12.2. The number of urea groups is 1. The molecule has 1 aliphatic rings. The van der Waals surface area contributed by atoms with Crippen molar-refractivity contribution in [2.75, 3.05) is 19.6 Å². The standard InChI is InChI=1S/C15H16ClN3O4/c1-2-18-8-9-19(14(22)13(18)21)15(23)17-11(12(16)20)10-6-4-3-5-7-10/h3-7,11H,2,8-9H2,1H3,(H,17,23)/t11-/m1/s1. The van der Waals surface area contributed by atoms with Gasteiger partial charge in [0.1, 0.15) is 6.04 Å². The van der Waals surface area contributed by atoms with Crippen molar-refractivity contribution >= 4 is 34.7 Å². The average molecular weight is 338 g/mol. The van der Waals surface area contributed by atoms with Crippen molar-refractivity contribution in [3.05, 3.63) is 35.9 Å². The number of rotatable bonds is 4. The molecule has 0 unspecified atom stereocenters. The zero-order chi connectivity index (χ0) is 17.0. The van der Waals surface area contributed by atoms with E-state index in [0.29, 0.717) is 12.1 Å². The molecule has 0 spiro atoms. The highest BCUT2D eigenvalue weighted by Gasteiger charge is 2.36. The Morgan fingerprint density at radius 3 is 2.39 bits per heavy atom. The lowest BCUT2D eigenvalue weighted by Gasteiger charge is -2.32. The Morgan fingerprint density at radius 1 is 1.17 bits per heavy atom. The van der Waals surface area contributed by atoms with Gasteiger partial charge < -0.3 is 10.2 Å². The van der Waals surface area contributed by atoms with Gasteiger partial charge in [0, 0.05) is 19.6 Å². The summed E-state index contributed by atoms with van der Waals surface area (Å²) in [7, 11) is 0. The molecule has 1 aliphatic heterocycles. The highest BCUT2D eigenvalue weighted by molar-refractivity contribution is 6.64. The summed E-state index contributed by atoms with van der Waals surface area (Å²) in [6, 6.07) is 6.51. The van der Waals surface area contributed by atoms with Crippen LogP contribution >= 0.6 is 11.6 Å². The number of carbonyl (C=O) groups excluding carboxylic acids is 4. The van der Waals surface area contributed by atoms with E-state index >= 15 is 0 Å². The molecule has 122 valence electrons. The first-order valence-corrected chi connectivity index (χ1v) is 7.49. The summed E-state index contributed by atoms with van der Waals surface area (Å²) in [6.07, 6.45) is 0. The predicted molar refractivity (Wildman–Crippen MR) is 82.5 cm³/mol. The van der Waals surface area contributed by atoms with Crippen molar-refractivity contribution in [1.29, 1.82) is 0 Å². The Bertz CT molecular complexity index is 635. The number of amides is 4. The molecule has 0 radical (unpaired) electrons. The molecule has 1 atom stereocenters. The maximum Gasteiger partial charge on any atom is 0.325 e. The van der Waals surface area contributed by atoms with E-state index in [0.717, 1.165) is 4.90 Å². The summed E-state index contributed by atoms with van der Waals surface area (Å²) in [5.41, 5.74) is 0.492. The lowest BCUT2D eigenvalue weighted by molar-refractivity contribution is -0.153. The van der Waals surface area contributed by atoms with Crippen LogP contribution in [0.5, 0.6) is 0 Å². The molecule has 1 saturated heterocycles. The van der Waals surface area contributed by atoms with Crippen LogP contribution in [-0.2, 0) is 14.4 Å². The summed E-state index contributed by atoms with van der Waals surface area (Å²) in [5, 5.41) is 1.62. The topological polar surface area (TPSA) is 86.8 Å². The predicted octanol–water partition coefficient (Wildman–Crippen LogP) is 0.893. The molecule has 1 fully saturated rings. The molecular weight excluding hydrogens is 322 g/mol. The lowest BCUT2D eigenvalue weighted by Crippen LogP contribution is -2.58. The van der Waals surface area contributed by atoms with Crippen LogP contribution < -0.4 is 5.32 Å². The average Bonchev–Trinajstić information content (AvgIpc) is 2.55. The molecule has 4 amide bonds. The minimum absolute atomic E-state index is 0.0717. The van der Waals surface area contributed by atoms with E-state index < -0.39 is 29.1 Å². The number of hydrogen-bond acceptors (Lipinski definition) is 4. The molecule has 2 rings (SSSR count). The largest absolute Gasteiger partial charge is 0.333 e. The summed E-state index contributed by atoms with van der Waals surface area (Å²) in [6.45, 7) is 2.48. The molecule has 0 bridgehead atoms. The van der Waals surface area contributed by atoms with Crippen LogP contribution in [0.25, 0.3) is 0 Å². The summed E-state index contributed by atoms with van der Waals surface area (Å²) < 4.78 is 0. The van der Waals surface area contributed by atoms with Crippen molar-refractivity contribution in [2.24, 2.45) is 0 Å². The van der Waals surface area contributed by atoms with Crippen molar-refractivity contribution in [3.63, 3.8) is 0 Å². The third-order valence-electron chi connectivity index (χ3n) is 3.56. The molecule has 1 aromatic carbocycles. The molecule has 0 aliphatic carbocycles. The number of nitrogens with one attached hydrogen (secondary N) is 1. The summed E-state index contributed by atoms with van der Waals surface area (Å²) in [5.74, 6) is -1.65. The highest BCUT2D eigenvalue weighted by atomic mass is 35.5. The number of nitrogens with zero attached hydrogens (tertiary/aromatic N) is 2. The fourth-order valence-corrected chi connectivity index (χ4v) is 2.47. The van der Waals surface area contributed by atoms with Crippen LogP contribution in [0.15, 0.2) is 30.3 Å². The second-order valence-electron chi connectivity index (χ2n) is 4.94. The highest BCUT2D eigenvalue weighted by Crippen LogP contribution is 2.16. The number of hydrogen-bond donors (Lipinski definition) is 1. The van der Waals surface area contributed by atoms with E-state index in [4.69, 9.17) is 11.6 Å². The van der Waals surface area contributed by atoms with E-state index in [9.17, 15) is 19.2 Å². The van der Waals surface area contributed by atoms with Crippen LogP contribution in [0.4, 0.5) is 4.79 Å². The van der Waals surface area contributed by atoms with Gasteiger partial charge in [-0.3, -0.25) is 19.3 Å². The number of carbonyl (C=O) groups is 4. The van der Waals surface area contributed by atoms with E-state index in [-0.39, 0.29) is 13.1 Å². The third-order valence-corrected chi connectivity index (χ3v) is 3.78. The van der Waals surface area contributed by atoms with Gasteiger partial charge in [-0.25, -0.2) is 4.79 Å². The Morgan fingerprint density at radius 2 is 1.83 bits per heavy atom. The van der Waals surface area contributed by atoms with Crippen LogP contribution in [0.3, 0.4) is 0 Å². The quantitative estimate of drug-likeness (QED) is 0.653. The fourth-order valence-electron chi connectivity index (χ4n) is 2.29. The molecule has 8 heteroatoms. The number of imide groups is 1. The first-order valence-electron chi connectivity index (χ1n) is 7.11. The van der Waals surface area contributed by atoms with E-state index in [1.807, 2.05) is 0 Å². The van der Waals surface area contributed by atoms with Gasteiger partial charge in [0.2, 0.25) is 5.24 Å². The van der Waals surface area contributed by atoms with Gasteiger partial charge in [0.25, 0.3) is 0 Å².